The van der Waals surface area contributed by atoms with Gasteiger partial charge in [0, 0.05) is 6.04 Å². The Morgan fingerprint density at radius 3 is 2.88 bits per heavy atom. The minimum Gasteiger partial charge on any atom is -0.382 e. The number of anilines is 2. The molecule has 5 nitrogen and oxygen atoms in total. The van der Waals surface area contributed by atoms with Crippen LogP contribution in [0.25, 0.3) is 0 Å². The number of nitrogen functional groups attached to an aromatic ring is 1. The normalized spacial score (nSPS) is 16.8. The van der Waals surface area contributed by atoms with E-state index >= 15 is 0 Å². The summed E-state index contributed by atoms with van der Waals surface area (Å²) in [6.07, 6.45) is 4.82. The van der Waals surface area contributed by atoms with Crippen molar-refractivity contribution in [3.63, 3.8) is 0 Å². The zero-order chi connectivity index (χ0) is 12.4. The number of hydrogen-bond acceptors (Lipinski definition) is 5. The predicted molar refractivity (Wildman–Crippen MR) is 70.1 cm³/mol. The highest BCUT2D eigenvalue weighted by Crippen LogP contribution is 2.36. The first kappa shape index (κ1) is 12.2. The molecule has 0 radical (unpaired) electrons. The second-order valence-electron chi connectivity index (χ2n) is 4.56. The molecule has 1 fully saturated rings. The van der Waals surface area contributed by atoms with Crippen LogP contribution < -0.4 is 16.8 Å². The van der Waals surface area contributed by atoms with Gasteiger partial charge in [0.15, 0.2) is 5.82 Å². The summed E-state index contributed by atoms with van der Waals surface area (Å²) in [5.41, 5.74) is 11.3. The molecule has 2 rings (SSSR count). The molecule has 1 amide bonds. The quantitative estimate of drug-likeness (QED) is 0.721. The fourth-order valence-electron chi connectivity index (χ4n) is 1.91. The number of nitrogens with zero attached hydrogens (tertiary/aromatic N) is 1. The third-order valence-corrected chi connectivity index (χ3v) is 3.90. The maximum atomic E-state index is 11.3. The van der Waals surface area contributed by atoms with Gasteiger partial charge >= 0.3 is 0 Å². The lowest BCUT2D eigenvalue weighted by atomic mass is 10.1. The molecule has 0 aliphatic heterocycles. The first-order valence-electron chi connectivity index (χ1n) is 5.93. The summed E-state index contributed by atoms with van der Waals surface area (Å²) in [5, 5.41) is 4.06. The first-order chi connectivity index (χ1) is 8.11. The van der Waals surface area contributed by atoms with Gasteiger partial charge in [-0.05, 0) is 30.3 Å². The van der Waals surface area contributed by atoms with E-state index in [0.717, 1.165) is 18.8 Å². The number of carbonyl (C=O) groups excluding carboxylic acids is 1. The number of amides is 1. The molecule has 1 unspecified atom stereocenters. The van der Waals surface area contributed by atoms with Crippen LogP contribution >= 0.6 is 11.5 Å². The van der Waals surface area contributed by atoms with E-state index in [2.05, 4.69) is 16.6 Å². The molecule has 0 bridgehead atoms. The molecule has 0 saturated heterocycles. The minimum absolute atomic E-state index is 0.228. The van der Waals surface area contributed by atoms with Gasteiger partial charge < -0.3 is 16.8 Å². The molecule has 6 heteroatoms. The highest BCUT2D eigenvalue weighted by molar-refractivity contribution is 7.11. The molecule has 1 saturated carbocycles. The monoisotopic (exact) mass is 254 g/mol. The topological polar surface area (TPSA) is 94.0 Å². The SMILES string of the molecule is CCC(CC1CC1)Nc1snc(N)c1C(N)=O. The number of nitrogens with two attached hydrogens (primary N) is 2. The maximum absolute atomic E-state index is 11.3. The maximum Gasteiger partial charge on any atom is 0.255 e. The Kier molecular flexibility index (Phi) is 3.51. The molecule has 1 aromatic rings. The van der Waals surface area contributed by atoms with Crippen LogP contribution in [0.1, 0.15) is 43.0 Å². The van der Waals surface area contributed by atoms with Crippen molar-refractivity contribution in [3.8, 4) is 0 Å². The summed E-state index contributed by atoms with van der Waals surface area (Å²) in [7, 11) is 0. The molecule has 0 spiro atoms. The molecule has 1 aliphatic carbocycles. The van der Waals surface area contributed by atoms with Crippen LogP contribution in [0, 0.1) is 5.92 Å². The number of hydrogen-bond donors (Lipinski definition) is 3. The molecule has 5 N–H and O–H groups in total. The Labute approximate surface area is 105 Å². The van der Waals surface area contributed by atoms with Crippen LogP contribution in [-0.4, -0.2) is 16.3 Å². The van der Waals surface area contributed by atoms with E-state index in [-0.39, 0.29) is 5.82 Å². The summed E-state index contributed by atoms with van der Waals surface area (Å²) in [5.74, 6) is 0.557. The molecular formula is C11H18N4OS. The molecular weight excluding hydrogens is 236 g/mol. The van der Waals surface area contributed by atoms with Gasteiger partial charge in [-0.3, -0.25) is 4.79 Å². The first-order valence-corrected chi connectivity index (χ1v) is 6.70. The summed E-state index contributed by atoms with van der Waals surface area (Å²) in [6.45, 7) is 2.13. The molecule has 1 atom stereocenters. The Balaban J connectivity index is 2.07. The van der Waals surface area contributed by atoms with Crippen LogP contribution in [-0.2, 0) is 0 Å². The van der Waals surface area contributed by atoms with Crippen molar-refractivity contribution in [3.05, 3.63) is 5.56 Å². The fourth-order valence-corrected chi connectivity index (χ4v) is 2.70. The fraction of sp³-hybridized carbons (Fsp3) is 0.636. The van der Waals surface area contributed by atoms with Crippen molar-refractivity contribution in [2.45, 2.75) is 38.6 Å². The van der Waals surface area contributed by atoms with Gasteiger partial charge in [-0.2, -0.15) is 4.37 Å². The molecule has 94 valence electrons. The zero-order valence-corrected chi connectivity index (χ0v) is 10.7. The minimum atomic E-state index is -0.514. The van der Waals surface area contributed by atoms with Crippen molar-refractivity contribution in [1.29, 1.82) is 0 Å². The van der Waals surface area contributed by atoms with Crippen LogP contribution in [0.5, 0.6) is 0 Å². The van der Waals surface area contributed by atoms with E-state index < -0.39 is 5.91 Å². The second-order valence-corrected chi connectivity index (χ2v) is 5.34. The molecule has 17 heavy (non-hydrogen) atoms. The van der Waals surface area contributed by atoms with Gasteiger partial charge in [-0.25, -0.2) is 0 Å². The van der Waals surface area contributed by atoms with E-state index in [0.29, 0.717) is 16.6 Å². The highest BCUT2D eigenvalue weighted by Gasteiger charge is 2.26. The van der Waals surface area contributed by atoms with E-state index in [4.69, 9.17) is 11.5 Å². The zero-order valence-electron chi connectivity index (χ0n) is 9.90. The van der Waals surface area contributed by atoms with E-state index in [1.165, 1.54) is 24.4 Å². The van der Waals surface area contributed by atoms with E-state index in [1.807, 2.05) is 0 Å². The predicted octanol–water partition coefficient (Wildman–Crippen LogP) is 1.81. The number of primary amides is 1. The Bertz CT molecular complexity index is 414. The van der Waals surface area contributed by atoms with Crippen molar-refractivity contribution in [1.82, 2.24) is 4.37 Å². The third kappa shape index (κ3) is 2.88. The lowest BCUT2D eigenvalue weighted by Crippen LogP contribution is -2.21. The summed E-state index contributed by atoms with van der Waals surface area (Å²) in [6, 6.07) is 0.375. The van der Waals surface area contributed by atoms with Crippen molar-refractivity contribution >= 4 is 28.3 Å². The Hall–Kier alpha value is -1.30. The van der Waals surface area contributed by atoms with Crippen molar-refractivity contribution in [2.24, 2.45) is 11.7 Å². The van der Waals surface area contributed by atoms with Gasteiger partial charge in [0.05, 0.1) is 0 Å². The van der Waals surface area contributed by atoms with Crippen LogP contribution in [0.3, 0.4) is 0 Å². The highest BCUT2D eigenvalue weighted by atomic mass is 32.1. The second kappa shape index (κ2) is 4.91. The summed E-state index contributed by atoms with van der Waals surface area (Å²) < 4.78 is 3.98. The van der Waals surface area contributed by atoms with Crippen LogP contribution in [0.15, 0.2) is 0 Å². The number of rotatable bonds is 6. The average Bonchev–Trinajstić information content (AvgIpc) is 3.01. The molecule has 1 aromatic heterocycles. The van der Waals surface area contributed by atoms with Gasteiger partial charge in [-0.1, -0.05) is 19.8 Å². The van der Waals surface area contributed by atoms with Crippen LogP contribution in [0.2, 0.25) is 0 Å². The number of nitrogens with one attached hydrogen (secondary N) is 1. The number of carbonyl (C=O) groups is 1. The van der Waals surface area contributed by atoms with Gasteiger partial charge in [0.2, 0.25) is 0 Å². The number of aromatic nitrogens is 1. The van der Waals surface area contributed by atoms with Crippen molar-refractivity contribution in [2.75, 3.05) is 11.1 Å². The van der Waals surface area contributed by atoms with Gasteiger partial charge in [0.1, 0.15) is 10.6 Å². The van der Waals surface area contributed by atoms with E-state index in [1.54, 1.807) is 0 Å². The molecule has 1 heterocycles. The average molecular weight is 254 g/mol. The van der Waals surface area contributed by atoms with E-state index in [9.17, 15) is 4.79 Å². The third-order valence-electron chi connectivity index (χ3n) is 3.11. The Morgan fingerprint density at radius 1 is 1.65 bits per heavy atom. The smallest absolute Gasteiger partial charge is 0.255 e. The Morgan fingerprint density at radius 2 is 2.35 bits per heavy atom. The lowest BCUT2D eigenvalue weighted by molar-refractivity contribution is 0.100. The molecule has 0 aromatic carbocycles. The van der Waals surface area contributed by atoms with Gasteiger partial charge in [0.25, 0.3) is 5.91 Å². The lowest BCUT2D eigenvalue weighted by Gasteiger charge is -2.16. The summed E-state index contributed by atoms with van der Waals surface area (Å²) in [4.78, 5) is 11.3. The van der Waals surface area contributed by atoms with Crippen LogP contribution in [0.4, 0.5) is 10.8 Å². The molecule has 1 aliphatic rings. The standard InChI is InChI=1S/C11H18N4OS/c1-2-7(5-6-3-4-6)14-11-8(10(13)16)9(12)15-17-11/h6-7,14H,2-5H2,1H3,(H2,12,15)(H2,13,16). The largest absolute Gasteiger partial charge is 0.382 e. The van der Waals surface area contributed by atoms with Gasteiger partial charge in [-0.15, -0.1) is 0 Å². The van der Waals surface area contributed by atoms with Crippen molar-refractivity contribution < 1.29 is 4.79 Å². The summed E-state index contributed by atoms with van der Waals surface area (Å²) >= 11 is 1.21.